The number of oxazole rings is 1. The second kappa shape index (κ2) is 8.96. The summed E-state index contributed by atoms with van der Waals surface area (Å²) in [5.74, 6) is 0.791. The van der Waals surface area contributed by atoms with E-state index in [1.807, 2.05) is 52.0 Å². The Bertz CT molecular complexity index is 1320. The van der Waals surface area contributed by atoms with E-state index in [4.69, 9.17) is 20.8 Å². The van der Waals surface area contributed by atoms with Crippen LogP contribution in [0.2, 0.25) is 5.02 Å². The van der Waals surface area contributed by atoms with E-state index >= 15 is 0 Å². The largest absolute Gasteiger partial charge is 0.482 e. The maximum absolute atomic E-state index is 12.5. The molecule has 0 fully saturated rings. The summed E-state index contributed by atoms with van der Waals surface area (Å²) in [5, 5.41) is 3.23. The number of aromatic nitrogens is 1. The highest BCUT2D eigenvalue weighted by molar-refractivity contribution is 9.10. The van der Waals surface area contributed by atoms with Crippen molar-refractivity contribution in [2.75, 3.05) is 11.9 Å². The first-order valence-electron chi connectivity index (χ1n) is 10.1. The smallest absolute Gasteiger partial charge is 0.262 e. The standard InChI is InChI=1S/C25H22BrClN2O3/c1-13-7-15(3)23(18(26)9-13)31-12-22(30)28-20-11-17(5-6-19(20)27)25-29-21-10-14(2)8-16(4)24(21)32-25/h5-11H,12H2,1-4H3,(H,28,30). The lowest BCUT2D eigenvalue weighted by molar-refractivity contribution is -0.118. The number of rotatable bonds is 5. The zero-order valence-corrected chi connectivity index (χ0v) is 20.5. The highest BCUT2D eigenvalue weighted by atomic mass is 79.9. The molecule has 0 aliphatic rings. The van der Waals surface area contributed by atoms with Crippen molar-refractivity contribution in [3.05, 3.63) is 74.2 Å². The number of amides is 1. The van der Waals surface area contributed by atoms with Crippen molar-refractivity contribution < 1.29 is 13.9 Å². The first-order chi connectivity index (χ1) is 15.2. The average molecular weight is 514 g/mol. The quantitative estimate of drug-likeness (QED) is 0.307. The lowest BCUT2D eigenvalue weighted by Crippen LogP contribution is -2.20. The van der Waals surface area contributed by atoms with Crippen LogP contribution in [0.25, 0.3) is 22.6 Å². The molecule has 0 aliphatic carbocycles. The Morgan fingerprint density at radius 3 is 2.53 bits per heavy atom. The molecule has 4 rings (SSSR count). The monoisotopic (exact) mass is 512 g/mol. The SMILES string of the molecule is Cc1cc(C)c(OCC(=O)Nc2cc(-c3nc4cc(C)cc(C)c4o3)ccc2Cl)c(Br)c1. The molecule has 0 aliphatic heterocycles. The third kappa shape index (κ3) is 4.66. The van der Waals surface area contributed by atoms with Crippen LogP contribution in [-0.4, -0.2) is 17.5 Å². The van der Waals surface area contributed by atoms with Gasteiger partial charge >= 0.3 is 0 Å². The number of hydrogen-bond donors (Lipinski definition) is 1. The van der Waals surface area contributed by atoms with Crippen LogP contribution in [0.4, 0.5) is 5.69 Å². The first kappa shape index (κ1) is 22.4. The van der Waals surface area contributed by atoms with Crippen molar-refractivity contribution in [2.24, 2.45) is 0 Å². The minimum atomic E-state index is -0.319. The second-order valence-electron chi connectivity index (χ2n) is 7.87. The Labute approximate surface area is 199 Å². The van der Waals surface area contributed by atoms with Crippen LogP contribution in [-0.2, 0) is 4.79 Å². The normalized spacial score (nSPS) is 11.1. The van der Waals surface area contributed by atoms with E-state index in [9.17, 15) is 4.79 Å². The van der Waals surface area contributed by atoms with E-state index in [-0.39, 0.29) is 12.5 Å². The van der Waals surface area contributed by atoms with Gasteiger partial charge in [-0.3, -0.25) is 4.79 Å². The van der Waals surface area contributed by atoms with Gasteiger partial charge in [0.1, 0.15) is 11.3 Å². The number of aryl methyl sites for hydroxylation is 4. The predicted octanol–water partition coefficient (Wildman–Crippen LogP) is 7.16. The fourth-order valence-corrected chi connectivity index (χ4v) is 4.62. The van der Waals surface area contributed by atoms with Crippen LogP contribution in [0.5, 0.6) is 5.75 Å². The highest BCUT2D eigenvalue weighted by Crippen LogP contribution is 2.32. The van der Waals surface area contributed by atoms with E-state index in [0.29, 0.717) is 22.4 Å². The summed E-state index contributed by atoms with van der Waals surface area (Å²) < 4.78 is 12.5. The van der Waals surface area contributed by atoms with Crippen molar-refractivity contribution in [1.29, 1.82) is 0 Å². The Hall–Kier alpha value is -2.83. The van der Waals surface area contributed by atoms with Crippen molar-refractivity contribution in [1.82, 2.24) is 4.98 Å². The van der Waals surface area contributed by atoms with Gasteiger partial charge in [0.05, 0.1) is 15.2 Å². The number of halogens is 2. The number of carbonyl (C=O) groups is 1. The molecule has 3 aromatic carbocycles. The number of anilines is 1. The van der Waals surface area contributed by atoms with Gasteiger partial charge < -0.3 is 14.5 Å². The average Bonchev–Trinajstić information content (AvgIpc) is 3.13. The molecule has 5 nitrogen and oxygen atoms in total. The number of benzene rings is 3. The molecular formula is C25H22BrClN2O3. The Morgan fingerprint density at radius 2 is 1.78 bits per heavy atom. The zero-order chi connectivity index (χ0) is 23.0. The van der Waals surface area contributed by atoms with E-state index in [0.717, 1.165) is 43.4 Å². The second-order valence-corrected chi connectivity index (χ2v) is 9.13. The van der Waals surface area contributed by atoms with Gasteiger partial charge in [0, 0.05) is 5.56 Å². The molecule has 1 aromatic heterocycles. The van der Waals surface area contributed by atoms with Crippen LogP contribution in [0.15, 0.2) is 51.4 Å². The minimum absolute atomic E-state index is 0.148. The maximum atomic E-state index is 12.5. The molecule has 7 heteroatoms. The first-order valence-corrected chi connectivity index (χ1v) is 11.3. The van der Waals surface area contributed by atoms with Gasteiger partial charge in [-0.2, -0.15) is 0 Å². The number of ether oxygens (including phenoxy) is 1. The third-order valence-corrected chi connectivity index (χ3v) is 5.95. The Balaban J connectivity index is 1.53. The Kier molecular flexibility index (Phi) is 6.26. The van der Waals surface area contributed by atoms with E-state index < -0.39 is 0 Å². The number of nitrogens with zero attached hydrogens (tertiary/aromatic N) is 1. The molecule has 1 amide bonds. The molecule has 0 unspecified atom stereocenters. The molecular weight excluding hydrogens is 492 g/mol. The fourth-order valence-electron chi connectivity index (χ4n) is 3.66. The van der Waals surface area contributed by atoms with Gasteiger partial charge in [-0.05, 0) is 96.2 Å². The third-order valence-electron chi connectivity index (χ3n) is 5.03. The molecule has 32 heavy (non-hydrogen) atoms. The van der Waals surface area contributed by atoms with Gasteiger partial charge in [0.2, 0.25) is 5.89 Å². The fraction of sp³-hybridized carbons (Fsp3) is 0.200. The lowest BCUT2D eigenvalue weighted by Gasteiger charge is -2.13. The summed E-state index contributed by atoms with van der Waals surface area (Å²) in [6.07, 6.45) is 0. The number of hydrogen-bond acceptors (Lipinski definition) is 4. The highest BCUT2D eigenvalue weighted by Gasteiger charge is 2.15. The molecule has 1 heterocycles. The van der Waals surface area contributed by atoms with Gasteiger partial charge in [-0.25, -0.2) is 4.98 Å². The predicted molar refractivity (Wildman–Crippen MR) is 132 cm³/mol. The molecule has 0 atom stereocenters. The summed E-state index contributed by atoms with van der Waals surface area (Å²) in [6, 6.07) is 13.3. The molecule has 164 valence electrons. The van der Waals surface area contributed by atoms with Gasteiger partial charge in [0.15, 0.2) is 12.2 Å². The lowest BCUT2D eigenvalue weighted by atomic mass is 10.1. The van der Waals surface area contributed by atoms with Crippen LogP contribution in [0, 0.1) is 27.7 Å². The van der Waals surface area contributed by atoms with E-state index in [2.05, 4.69) is 32.3 Å². The summed E-state index contributed by atoms with van der Waals surface area (Å²) in [7, 11) is 0. The van der Waals surface area contributed by atoms with Crippen molar-refractivity contribution in [3.8, 4) is 17.2 Å². The van der Waals surface area contributed by atoms with Crippen LogP contribution in [0.1, 0.15) is 22.3 Å². The summed E-state index contributed by atoms with van der Waals surface area (Å²) in [6.45, 7) is 7.81. The molecule has 0 radical (unpaired) electrons. The maximum Gasteiger partial charge on any atom is 0.262 e. The Morgan fingerprint density at radius 1 is 1.06 bits per heavy atom. The van der Waals surface area contributed by atoms with Gasteiger partial charge in [-0.1, -0.05) is 23.7 Å². The van der Waals surface area contributed by atoms with E-state index in [1.54, 1.807) is 12.1 Å². The van der Waals surface area contributed by atoms with Crippen LogP contribution in [0.3, 0.4) is 0 Å². The molecule has 4 aromatic rings. The van der Waals surface area contributed by atoms with Crippen molar-refractivity contribution in [2.45, 2.75) is 27.7 Å². The summed E-state index contributed by atoms with van der Waals surface area (Å²) in [5.41, 5.74) is 6.93. The van der Waals surface area contributed by atoms with E-state index in [1.165, 1.54) is 0 Å². The minimum Gasteiger partial charge on any atom is -0.482 e. The topological polar surface area (TPSA) is 64.4 Å². The molecule has 1 N–H and O–H groups in total. The summed E-state index contributed by atoms with van der Waals surface area (Å²) in [4.78, 5) is 17.2. The number of nitrogens with one attached hydrogen (secondary N) is 1. The number of fused-ring (bicyclic) bond motifs is 1. The zero-order valence-electron chi connectivity index (χ0n) is 18.2. The molecule has 0 bridgehead atoms. The molecule has 0 saturated carbocycles. The van der Waals surface area contributed by atoms with Crippen molar-refractivity contribution >= 4 is 50.2 Å². The van der Waals surface area contributed by atoms with Crippen molar-refractivity contribution in [3.63, 3.8) is 0 Å². The summed E-state index contributed by atoms with van der Waals surface area (Å²) >= 11 is 9.81. The van der Waals surface area contributed by atoms with Crippen LogP contribution >= 0.6 is 27.5 Å². The number of carbonyl (C=O) groups excluding carboxylic acids is 1. The molecule has 0 spiro atoms. The van der Waals surface area contributed by atoms with Gasteiger partial charge in [-0.15, -0.1) is 0 Å². The van der Waals surface area contributed by atoms with Crippen LogP contribution < -0.4 is 10.1 Å². The molecule has 0 saturated heterocycles. The van der Waals surface area contributed by atoms with Gasteiger partial charge in [0.25, 0.3) is 5.91 Å².